The van der Waals surface area contributed by atoms with Crippen molar-refractivity contribution in [1.82, 2.24) is 29.9 Å². The Labute approximate surface area is 539 Å². The maximum atomic E-state index is 15.0. The summed E-state index contributed by atoms with van der Waals surface area (Å²) in [5, 5.41) is 105. The molecule has 9 rings (SSSR count). The zero-order valence-electron chi connectivity index (χ0n) is 46.5. The molecule has 99 heavy (non-hydrogen) atoms. The highest BCUT2D eigenvalue weighted by Gasteiger charge is 2.46. The van der Waals surface area contributed by atoms with E-state index in [4.69, 9.17) is 57.9 Å². The second-order valence-corrected chi connectivity index (χ2v) is 17.6. The Morgan fingerprint density at radius 1 is 0.293 bits per heavy atom. The third-order valence-corrected chi connectivity index (χ3v) is 12.8. The van der Waals surface area contributed by atoms with Crippen molar-refractivity contribution in [2.45, 2.75) is 0 Å². The highest BCUT2D eigenvalue weighted by atomic mass is 31.0. The highest BCUT2D eigenvalue weighted by Crippen LogP contribution is 2.58. The van der Waals surface area contributed by atoms with Crippen molar-refractivity contribution in [3.8, 4) is 72.8 Å². The lowest BCUT2D eigenvalue weighted by Crippen LogP contribution is -2.31. The molecule has 3 aromatic heterocycles. The van der Waals surface area contributed by atoms with Gasteiger partial charge in [-0.3, -0.25) is 0 Å². The smallest absolute Gasteiger partial charge is 0.307 e. The minimum atomic E-state index is -2.52. The topological polar surface area (TPSA) is 380 Å². The largest absolute Gasteiger partial charge is 0.577 e. The van der Waals surface area contributed by atoms with Crippen LogP contribution in [0.1, 0.15) is 50.6 Å². The molecule has 470 valence electrons. The summed E-state index contributed by atoms with van der Waals surface area (Å²) < 4.78 is 232. The summed E-state index contributed by atoms with van der Waals surface area (Å²) in [6, 6.07) is 14.9. The number of nitrogens with zero attached hydrogens (tertiary/aromatic N) is 22. The van der Waals surface area contributed by atoms with Gasteiger partial charge in [-0.15, -0.1) is 9.97 Å². The van der Waals surface area contributed by atoms with Crippen molar-refractivity contribution in [3.05, 3.63) is 216 Å². The van der Waals surface area contributed by atoms with Crippen LogP contribution < -0.4 is 10.4 Å². The predicted octanol–water partition coefficient (Wildman–Crippen LogP) is 11.3. The number of benzene rings is 5. The second-order valence-electron chi connectivity index (χ2n) is 17.6. The van der Waals surface area contributed by atoms with Crippen LogP contribution in [0.2, 0.25) is 0 Å². The van der Waals surface area contributed by atoms with E-state index in [1.54, 1.807) is 24.3 Å². The predicted molar refractivity (Wildman–Crippen MR) is 295 cm³/mol. The fourth-order valence-electron chi connectivity index (χ4n) is 8.54. The molecule has 1 aliphatic rings. The summed E-state index contributed by atoms with van der Waals surface area (Å²) in [5.74, 6) is -38.4. The highest BCUT2D eigenvalue weighted by molar-refractivity contribution is 6.92. The van der Waals surface area contributed by atoms with Crippen molar-refractivity contribution < 1.29 is 70.2 Å². The van der Waals surface area contributed by atoms with E-state index in [0.29, 0.717) is 0 Å². The quantitative estimate of drug-likeness (QED) is 0.0396. The van der Waals surface area contributed by atoms with Gasteiger partial charge in [-0.2, -0.15) is 63.1 Å². The first kappa shape index (κ1) is 72.3. The Hall–Kier alpha value is -15.8. The van der Waals surface area contributed by atoms with Gasteiger partial charge in [-0.05, 0) is 16.7 Å². The fraction of sp³-hybridized carbons (Fsp3) is 0. The molecular formula is C60H2F16N22P-. The van der Waals surface area contributed by atoms with Crippen LogP contribution in [0.15, 0.2) is 16.7 Å². The lowest BCUT2D eigenvalue weighted by molar-refractivity contribution is 0.434. The van der Waals surface area contributed by atoms with Gasteiger partial charge in [0.05, 0.1) is 51.4 Å². The molecule has 5 aromatic carbocycles. The Balaban J connectivity index is 0.000000257. The van der Waals surface area contributed by atoms with Gasteiger partial charge in [0.25, 0.3) is 5.69 Å². The standard InChI is InChI=1S/C30F12N6.C18N12.C12F4N4.H2P/c1-47-29(16-25(39)19(33)10(6-46)20(34)26(16)40)15-11(7(3-43)13-21(35)17(31)9(5-45)18(32)22(13)36)12(15)8(4-44)14-23(37)27(41)30(48-2)28(42)24(14)38;1-23-17-9(5-21)27-13-11-12(26-8(4-20)7(3-19)25-11)14-16(15(13)29-17)30-18(24-2)10(6-22)28-14;13-9-7(5(1-17)2-18)10(14)12(16)8(11(9)15)6(3-19)4-20;/h;;;1H2/q;;;-1. The van der Waals surface area contributed by atoms with Crippen molar-refractivity contribution in [2.24, 2.45) is 0 Å². The van der Waals surface area contributed by atoms with Crippen LogP contribution >= 0.6 is 9.90 Å². The minimum Gasteiger partial charge on any atom is -0.577 e. The van der Waals surface area contributed by atoms with Gasteiger partial charge in [0.15, 0.2) is 116 Å². The number of halogens is 16. The number of nitriles is 12. The molecule has 1 saturated carbocycles. The molecule has 22 nitrogen and oxygen atoms in total. The van der Waals surface area contributed by atoms with Gasteiger partial charge in [0.1, 0.15) is 117 Å². The van der Waals surface area contributed by atoms with E-state index in [9.17, 15) is 75.5 Å². The Morgan fingerprint density at radius 2 is 0.566 bits per heavy atom. The van der Waals surface area contributed by atoms with Gasteiger partial charge < -0.3 is 19.6 Å². The van der Waals surface area contributed by atoms with Crippen LogP contribution in [0.3, 0.4) is 0 Å². The summed E-state index contributed by atoms with van der Waals surface area (Å²) in [4.78, 5) is 36.0. The van der Waals surface area contributed by atoms with Crippen LogP contribution in [0.25, 0.3) is 80.5 Å². The maximum Gasteiger partial charge on any atom is 0.307 e. The molecule has 3 heterocycles. The number of allylic oxidation sites excluding steroid dienone is 5. The molecule has 0 unspecified atom stereocenters. The van der Waals surface area contributed by atoms with E-state index in [-0.39, 0.29) is 77.4 Å². The lowest BCUT2D eigenvalue weighted by Gasteiger charge is -2.08. The summed E-state index contributed by atoms with van der Waals surface area (Å²) in [6.07, 6.45) is 0. The van der Waals surface area contributed by atoms with Gasteiger partial charge >= 0.3 is 11.6 Å². The van der Waals surface area contributed by atoms with E-state index in [0.717, 1.165) is 48.6 Å². The molecule has 1 aliphatic carbocycles. The first-order valence-corrected chi connectivity index (χ1v) is 24.2. The van der Waals surface area contributed by atoms with Crippen molar-refractivity contribution in [2.75, 3.05) is 0 Å². The number of aromatic nitrogens is 6. The molecule has 0 bridgehead atoms. The minimum absolute atomic E-state index is 0. The van der Waals surface area contributed by atoms with Crippen molar-refractivity contribution in [1.29, 1.82) is 63.1 Å². The number of hydrogen-bond acceptors (Lipinski definition) is 18. The maximum absolute atomic E-state index is 15.0. The SMILES string of the molecule is N#CC(C#N)=c1c(F)c(F)c(=C(C#N)C#N)c(F)c1F.[C-]#[N+]C(=C1C(=C(C#N)c2c(F)c(F)c(C#N)c(F)c2F)C1=C(C#N)c1c(F)c(F)c([N+]#[C-])c(F)c1F)c1c(F)c(F)c(C#N)c(F)c1F.[C-]#[N+]c1nc2c(nc1C#N)c1nc(C#N)c(C#N)nc1c1nc(C#N)c([N+]#[C-])nc12.[PH2-]. The summed E-state index contributed by atoms with van der Waals surface area (Å²) in [6.45, 7) is 28.6. The first-order valence-electron chi connectivity index (χ1n) is 24.2. The van der Waals surface area contributed by atoms with E-state index >= 15 is 26.3 Å². The van der Waals surface area contributed by atoms with Crippen LogP contribution in [0.5, 0.6) is 0 Å². The summed E-state index contributed by atoms with van der Waals surface area (Å²) in [5.41, 5.74) is -24.9. The fourth-order valence-corrected chi connectivity index (χ4v) is 8.54. The Bertz CT molecular complexity index is 5320. The second kappa shape index (κ2) is 28.4. The molecule has 0 radical (unpaired) electrons. The normalized spacial score (nSPS) is 12.0. The zero-order chi connectivity index (χ0) is 73.0. The average Bonchev–Trinajstić information content (AvgIpc) is 1.40. The molecule has 0 N–H and O–H groups in total. The molecule has 0 atom stereocenters. The Kier molecular flexibility index (Phi) is 20.7. The average molecular weight is 1370 g/mol. The lowest BCUT2D eigenvalue weighted by atomic mass is 9.99. The molecule has 39 heteroatoms. The van der Waals surface area contributed by atoms with Gasteiger partial charge in [-0.1, -0.05) is 13.1 Å². The van der Waals surface area contributed by atoms with Crippen LogP contribution in [0, 0.1) is 255 Å². The van der Waals surface area contributed by atoms with Crippen LogP contribution in [-0.4, -0.2) is 29.9 Å². The first-order chi connectivity index (χ1) is 46.6. The third kappa shape index (κ3) is 11.5. The number of hydrogen-bond donors (Lipinski definition) is 0. The van der Waals surface area contributed by atoms with E-state index < -0.39 is 182 Å². The number of fused-ring (bicyclic) bond motifs is 6. The van der Waals surface area contributed by atoms with Crippen LogP contribution in [-0.2, 0) is 0 Å². The molecule has 0 aliphatic heterocycles. The summed E-state index contributed by atoms with van der Waals surface area (Å²) in [7, 11) is 0. The monoisotopic (exact) mass is 1370 g/mol. The zero-order valence-corrected chi connectivity index (χ0v) is 47.6. The van der Waals surface area contributed by atoms with Crippen molar-refractivity contribution in [3.63, 3.8) is 0 Å². The summed E-state index contributed by atoms with van der Waals surface area (Å²) >= 11 is 0. The molecule has 8 aromatic rings. The molecule has 0 amide bonds. The van der Waals surface area contributed by atoms with E-state index in [1.165, 1.54) is 0 Å². The third-order valence-electron chi connectivity index (χ3n) is 12.8. The molecule has 0 saturated heterocycles. The molecule has 0 spiro atoms. The van der Waals surface area contributed by atoms with E-state index in [2.05, 4.69) is 49.3 Å². The van der Waals surface area contributed by atoms with Crippen molar-refractivity contribution >= 4 is 88.3 Å². The van der Waals surface area contributed by atoms with Gasteiger partial charge in [0, 0.05) is 0 Å². The van der Waals surface area contributed by atoms with Gasteiger partial charge in [0.2, 0.25) is 16.7 Å². The number of rotatable bonds is 3. The molecular weight excluding hydrogens is 1360 g/mol. The van der Waals surface area contributed by atoms with Gasteiger partial charge in [-0.25, -0.2) is 99.9 Å². The van der Waals surface area contributed by atoms with E-state index in [1.807, 2.05) is 0 Å². The molecule has 1 fully saturated rings. The Morgan fingerprint density at radius 3 is 0.808 bits per heavy atom. The van der Waals surface area contributed by atoms with Crippen LogP contribution in [0.4, 0.5) is 87.6 Å².